The first-order valence-electron chi connectivity index (χ1n) is 14.2. The summed E-state index contributed by atoms with van der Waals surface area (Å²) in [7, 11) is 4.24. The largest absolute Gasteiger partial charge is 0.350 e. The van der Waals surface area contributed by atoms with Crippen LogP contribution >= 0.6 is 0 Å². The zero-order chi connectivity index (χ0) is 27.4. The van der Waals surface area contributed by atoms with E-state index in [4.69, 9.17) is 0 Å². The van der Waals surface area contributed by atoms with Gasteiger partial charge in [-0.3, -0.25) is 9.59 Å². The molecule has 4 heterocycles. The van der Waals surface area contributed by atoms with Gasteiger partial charge in [0.25, 0.3) is 0 Å². The third kappa shape index (κ3) is 3.77. The van der Waals surface area contributed by atoms with E-state index >= 15 is 0 Å². The van der Waals surface area contributed by atoms with Crippen molar-refractivity contribution in [2.75, 3.05) is 24.5 Å². The summed E-state index contributed by atoms with van der Waals surface area (Å²) in [5.74, 6) is -0.158. The Morgan fingerprint density at radius 1 is 0.750 bits per heavy atom. The second-order valence-electron chi connectivity index (χ2n) is 11.5. The van der Waals surface area contributed by atoms with Crippen molar-refractivity contribution in [3.05, 3.63) is 102 Å². The molecule has 0 saturated carbocycles. The van der Waals surface area contributed by atoms with Crippen molar-refractivity contribution in [3.63, 3.8) is 0 Å². The van der Waals surface area contributed by atoms with E-state index in [1.54, 1.807) is 4.90 Å². The highest BCUT2D eigenvalue weighted by Gasteiger charge is 2.44. The van der Waals surface area contributed by atoms with Crippen LogP contribution < -0.4 is 4.90 Å². The predicted molar refractivity (Wildman–Crippen MR) is 159 cm³/mol. The Morgan fingerprint density at radius 3 is 1.85 bits per heavy atom. The zero-order valence-electron chi connectivity index (χ0n) is 23.1. The van der Waals surface area contributed by atoms with Crippen LogP contribution in [-0.4, -0.2) is 45.5 Å². The van der Waals surface area contributed by atoms with Gasteiger partial charge in [0.2, 0.25) is 11.8 Å². The van der Waals surface area contributed by atoms with Crippen LogP contribution in [-0.2, 0) is 29.1 Å². The van der Waals surface area contributed by atoms with Crippen molar-refractivity contribution in [1.82, 2.24) is 14.0 Å². The van der Waals surface area contributed by atoms with Gasteiger partial charge in [0.05, 0.1) is 5.92 Å². The smallest absolute Gasteiger partial charge is 0.228 e. The summed E-state index contributed by atoms with van der Waals surface area (Å²) < 4.78 is 4.47. The highest BCUT2D eigenvalue weighted by Crippen LogP contribution is 2.48. The topological polar surface area (TPSA) is 50.5 Å². The lowest BCUT2D eigenvalue weighted by atomic mass is 9.67. The molecule has 2 amide bonds. The Balaban J connectivity index is 1.23. The molecule has 202 valence electrons. The lowest BCUT2D eigenvalue weighted by Crippen LogP contribution is -2.48. The van der Waals surface area contributed by atoms with Crippen LogP contribution in [0.1, 0.15) is 30.4 Å². The van der Waals surface area contributed by atoms with Gasteiger partial charge in [0.1, 0.15) is 0 Å². The molecule has 0 N–H and O–H groups in total. The predicted octanol–water partition coefficient (Wildman–Crippen LogP) is 5.63. The quantitative estimate of drug-likeness (QED) is 0.302. The minimum absolute atomic E-state index is 0.0300. The van der Waals surface area contributed by atoms with Gasteiger partial charge in [-0.05, 0) is 48.2 Å². The fourth-order valence-electron chi connectivity index (χ4n) is 7.23. The first-order chi connectivity index (χ1) is 19.5. The van der Waals surface area contributed by atoms with Crippen molar-refractivity contribution in [1.29, 1.82) is 0 Å². The van der Waals surface area contributed by atoms with Gasteiger partial charge in [0, 0.05) is 85.5 Å². The average Bonchev–Trinajstić information content (AvgIpc) is 3.67. The molecule has 2 aliphatic heterocycles. The number of carbonyl (C=O) groups is 2. The van der Waals surface area contributed by atoms with E-state index in [-0.39, 0.29) is 29.6 Å². The number of para-hydroxylation sites is 3. The second kappa shape index (κ2) is 9.40. The number of benzene rings is 3. The number of anilines is 1. The van der Waals surface area contributed by atoms with Crippen LogP contribution in [0.5, 0.6) is 0 Å². The Hall–Kier alpha value is -4.32. The van der Waals surface area contributed by atoms with E-state index < -0.39 is 0 Å². The average molecular weight is 531 g/mol. The molecule has 2 fully saturated rings. The first kappa shape index (κ1) is 24.7. The number of piperidine rings is 1. The normalized spacial score (nSPS) is 19.1. The van der Waals surface area contributed by atoms with Crippen LogP contribution in [0, 0.1) is 5.92 Å². The van der Waals surface area contributed by atoms with Crippen LogP contribution in [0.15, 0.2) is 91.3 Å². The first-order valence-corrected chi connectivity index (χ1v) is 14.2. The fourth-order valence-corrected chi connectivity index (χ4v) is 7.23. The van der Waals surface area contributed by atoms with Gasteiger partial charge in [-0.25, -0.2) is 0 Å². The van der Waals surface area contributed by atoms with E-state index in [1.807, 2.05) is 35.2 Å². The molecule has 2 saturated heterocycles. The summed E-state index contributed by atoms with van der Waals surface area (Å²) in [6.45, 7) is 1.79. The van der Waals surface area contributed by atoms with Crippen molar-refractivity contribution >= 4 is 39.3 Å². The molecule has 6 nitrogen and oxygen atoms in total. The van der Waals surface area contributed by atoms with E-state index in [0.717, 1.165) is 18.5 Å². The molecule has 2 aromatic heterocycles. The summed E-state index contributed by atoms with van der Waals surface area (Å²) in [5, 5.41) is 2.55. The minimum atomic E-state index is -0.296. The van der Waals surface area contributed by atoms with Crippen molar-refractivity contribution < 1.29 is 9.59 Å². The van der Waals surface area contributed by atoms with Gasteiger partial charge in [0.15, 0.2) is 0 Å². The molecule has 0 bridgehead atoms. The van der Waals surface area contributed by atoms with Gasteiger partial charge in [-0.15, -0.1) is 0 Å². The number of hydrogen-bond donors (Lipinski definition) is 0. The van der Waals surface area contributed by atoms with Crippen LogP contribution in [0.4, 0.5) is 5.69 Å². The molecule has 3 aromatic carbocycles. The van der Waals surface area contributed by atoms with Crippen LogP contribution in [0.25, 0.3) is 21.8 Å². The molecule has 1 unspecified atom stereocenters. The van der Waals surface area contributed by atoms with Gasteiger partial charge in [-0.1, -0.05) is 54.6 Å². The number of aryl methyl sites for hydroxylation is 2. The standard InChI is InChI=1S/C34H34N4O2/c1-35-22-28(26-12-6-8-14-30(26)35)34(29-23-36(2)31-15-9-7-13-27(29)31)16-18-37(19-17-34)33(40)24-20-32(39)38(21-24)25-10-4-3-5-11-25/h3-15,22-24H,16-21H2,1-2H3. The summed E-state index contributed by atoms with van der Waals surface area (Å²) >= 11 is 0. The Labute approximate surface area is 234 Å². The van der Waals surface area contributed by atoms with Crippen molar-refractivity contribution in [2.24, 2.45) is 20.0 Å². The van der Waals surface area contributed by atoms with E-state index in [0.29, 0.717) is 19.6 Å². The maximum Gasteiger partial charge on any atom is 0.228 e. The molecular formula is C34H34N4O2. The van der Waals surface area contributed by atoms with E-state index in [1.165, 1.54) is 32.9 Å². The molecular weight excluding hydrogens is 496 g/mol. The molecule has 0 spiro atoms. The summed E-state index contributed by atoms with van der Waals surface area (Å²) in [4.78, 5) is 30.4. The zero-order valence-corrected chi connectivity index (χ0v) is 23.1. The molecule has 0 aliphatic carbocycles. The molecule has 7 rings (SSSR count). The minimum Gasteiger partial charge on any atom is -0.350 e. The Morgan fingerprint density at radius 2 is 1.27 bits per heavy atom. The van der Waals surface area contributed by atoms with Crippen molar-refractivity contribution in [3.8, 4) is 0 Å². The lowest BCUT2D eigenvalue weighted by molar-refractivity contribution is -0.137. The molecule has 5 aromatic rings. The molecule has 2 aliphatic rings. The van der Waals surface area contributed by atoms with Gasteiger partial charge < -0.3 is 18.9 Å². The molecule has 6 heteroatoms. The SMILES string of the molecule is Cn1cc(C2(c3cn(C)c4ccccc34)CCN(C(=O)C3CC(=O)N(c4ccccc4)C3)CC2)c2ccccc21. The number of hydrogen-bond acceptors (Lipinski definition) is 2. The highest BCUT2D eigenvalue weighted by atomic mass is 16.2. The molecule has 40 heavy (non-hydrogen) atoms. The van der Waals surface area contributed by atoms with Crippen LogP contribution in [0.3, 0.4) is 0 Å². The number of fused-ring (bicyclic) bond motifs is 2. The van der Waals surface area contributed by atoms with Crippen molar-refractivity contribution in [2.45, 2.75) is 24.7 Å². The lowest BCUT2D eigenvalue weighted by Gasteiger charge is -2.43. The number of aromatic nitrogens is 2. The summed E-state index contributed by atoms with van der Waals surface area (Å²) in [5.41, 5.74) is 5.76. The fraction of sp³-hybridized carbons (Fsp3) is 0.294. The Bertz CT molecular complexity index is 1660. The van der Waals surface area contributed by atoms with Gasteiger partial charge >= 0.3 is 0 Å². The third-order valence-corrected chi connectivity index (χ3v) is 9.30. The second-order valence-corrected chi connectivity index (χ2v) is 11.5. The monoisotopic (exact) mass is 530 g/mol. The highest BCUT2D eigenvalue weighted by molar-refractivity contribution is 6.00. The van der Waals surface area contributed by atoms with E-state index in [2.05, 4.69) is 84.2 Å². The number of amides is 2. The number of likely N-dealkylation sites (tertiary alicyclic amines) is 1. The molecule has 1 atom stereocenters. The maximum atomic E-state index is 13.8. The maximum absolute atomic E-state index is 13.8. The molecule has 0 radical (unpaired) electrons. The number of carbonyl (C=O) groups excluding carboxylic acids is 2. The third-order valence-electron chi connectivity index (χ3n) is 9.30. The number of nitrogens with zero attached hydrogens (tertiary/aromatic N) is 4. The van der Waals surface area contributed by atoms with E-state index in [9.17, 15) is 9.59 Å². The number of rotatable bonds is 4. The van der Waals surface area contributed by atoms with Crippen LogP contribution in [0.2, 0.25) is 0 Å². The summed E-state index contributed by atoms with van der Waals surface area (Å²) in [6, 6.07) is 27.0. The Kier molecular flexibility index (Phi) is 5.81. The summed E-state index contributed by atoms with van der Waals surface area (Å²) in [6.07, 6.45) is 6.56. The van der Waals surface area contributed by atoms with Gasteiger partial charge in [-0.2, -0.15) is 0 Å².